The number of rotatable bonds is 6. The number of amides is 1. The topological polar surface area (TPSA) is 64.7 Å². The van der Waals surface area contributed by atoms with Crippen molar-refractivity contribution in [3.63, 3.8) is 0 Å². The van der Waals surface area contributed by atoms with E-state index in [0.29, 0.717) is 23.9 Å². The summed E-state index contributed by atoms with van der Waals surface area (Å²) in [5, 5.41) is 11.6. The van der Waals surface area contributed by atoms with Crippen molar-refractivity contribution in [3.8, 4) is 0 Å². The predicted molar refractivity (Wildman–Crippen MR) is 101 cm³/mol. The molecule has 1 aromatic carbocycles. The quantitative estimate of drug-likeness (QED) is 0.630. The first-order valence-electron chi connectivity index (χ1n) is 7.87. The van der Waals surface area contributed by atoms with Gasteiger partial charge in [-0.2, -0.15) is 10.2 Å². The molecule has 0 unspecified atom stereocenters. The van der Waals surface area contributed by atoms with E-state index < -0.39 is 0 Å². The van der Waals surface area contributed by atoms with Gasteiger partial charge in [0.15, 0.2) is 5.82 Å². The highest BCUT2D eigenvalue weighted by atomic mass is 79.9. The normalized spacial score (nSPS) is 10.9. The number of carbonyl (C=O) groups excluding carboxylic acids is 1. The number of nitrogens with zero attached hydrogens (tertiary/aromatic N) is 4. The Morgan fingerprint density at radius 2 is 1.96 bits per heavy atom. The van der Waals surface area contributed by atoms with Gasteiger partial charge in [-0.25, -0.2) is 4.39 Å². The van der Waals surface area contributed by atoms with Crippen LogP contribution in [0.5, 0.6) is 0 Å². The van der Waals surface area contributed by atoms with Gasteiger partial charge in [0.2, 0.25) is 5.91 Å². The molecule has 3 aromatic rings. The molecule has 6 nitrogen and oxygen atoms in total. The summed E-state index contributed by atoms with van der Waals surface area (Å²) in [6, 6.07) is 6.12. The molecule has 136 valence electrons. The summed E-state index contributed by atoms with van der Waals surface area (Å²) < 4.78 is 17.2. The third-order valence-electron chi connectivity index (χ3n) is 3.69. The Kier molecular flexibility index (Phi) is 5.73. The number of benzene rings is 1. The molecule has 0 aliphatic carbocycles. The van der Waals surface area contributed by atoms with Crippen LogP contribution >= 0.6 is 27.5 Å². The van der Waals surface area contributed by atoms with Gasteiger partial charge in [0.1, 0.15) is 10.8 Å². The van der Waals surface area contributed by atoms with Gasteiger partial charge >= 0.3 is 0 Å². The molecule has 1 amide bonds. The minimum absolute atomic E-state index is 0.205. The molecule has 3 rings (SSSR count). The van der Waals surface area contributed by atoms with Crippen molar-refractivity contribution in [1.29, 1.82) is 0 Å². The Morgan fingerprint density at radius 3 is 2.62 bits per heavy atom. The standard InChI is InChI=1S/C17H16BrClFN5O/c1-11-14(18)9-24(22-11)7-6-16(26)21-17-15(19)10-25(23-17)8-12-2-4-13(20)5-3-12/h2-5,9-10H,6-8H2,1H3,(H,21,23,26). The van der Waals surface area contributed by atoms with E-state index in [4.69, 9.17) is 11.6 Å². The molecular weight excluding hydrogens is 425 g/mol. The summed E-state index contributed by atoms with van der Waals surface area (Å²) in [6.45, 7) is 2.76. The zero-order valence-electron chi connectivity index (χ0n) is 13.9. The number of carbonyl (C=O) groups is 1. The molecule has 0 saturated heterocycles. The maximum Gasteiger partial charge on any atom is 0.227 e. The molecule has 26 heavy (non-hydrogen) atoms. The van der Waals surface area contributed by atoms with Crippen LogP contribution in [0.25, 0.3) is 0 Å². The zero-order chi connectivity index (χ0) is 18.7. The van der Waals surface area contributed by atoms with Crippen molar-refractivity contribution in [3.05, 3.63) is 63.2 Å². The molecule has 0 fully saturated rings. The molecule has 0 bridgehead atoms. The van der Waals surface area contributed by atoms with E-state index in [0.717, 1.165) is 15.7 Å². The molecule has 9 heteroatoms. The van der Waals surface area contributed by atoms with Crippen LogP contribution in [0.15, 0.2) is 41.1 Å². The van der Waals surface area contributed by atoms with Crippen molar-refractivity contribution in [2.45, 2.75) is 26.4 Å². The summed E-state index contributed by atoms with van der Waals surface area (Å²) in [5.41, 5.74) is 1.75. The van der Waals surface area contributed by atoms with Crippen LogP contribution in [-0.2, 0) is 17.9 Å². The lowest BCUT2D eigenvalue weighted by Gasteiger charge is -2.04. The Bertz CT molecular complexity index is 902. The lowest BCUT2D eigenvalue weighted by molar-refractivity contribution is -0.116. The SMILES string of the molecule is Cc1nn(CCC(=O)Nc2nn(Cc3ccc(F)cc3)cc2Cl)cc1Br. The second-order valence-electron chi connectivity index (χ2n) is 5.77. The van der Waals surface area contributed by atoms with Gasteiger partial charge in [-0.15, -0.1) is 0 Å². The highest BCUT2D eigenvalue weighted by molar-refractivity contribution is 9.10. The summed E-state index contributed by atoms with van der Waals surface area (Å²) in [4.78, 5) is 12.1. The van der Waals surface area contributed by atoms with Crippen LogP contribution in [0.4, 0.5) is 10.2 Å². The highest BCUT2D eigenvalue weighted by Crippen LogP contribution is 2.20. The number of hydrogen-bond donors (Lipinski definition) is 1. The molecule has 0 spiro atoms. The van der Waals surface area contributed by atoms with Gasteiger partial charge < -0.3 is 5.32 Å². The summed E-state index contributed by atoms with van der Waals surface area (Å²) in [6.07, 6.45) is 3.69. The maximum atomic E-state index is 13.0. The molecule has 0 aliphatic heterocycles. The van der Waals surface area contributed by atoms with Crippen molar-refractivity contribution in [1.82, 2.24) is 19.6 Å². The largest absolute Gasteiger partial charge is 0.308 e. The molecule has 1 N–H and O–H groups in total. The fourth-order valence-electron chi connectivity index (χ4n) is 2.36. The lowest BCUT2D eigenvalue weighted by Crippen LogP contribution is -2.15. The molecule has 2 aromatic heterocycles. The third-order valence-corrected chi connectivity index (χ3v) is 4.74. The average molecular weight is 441 g/mol. The third kappa shape index (κ3) is 4.70. The van der Waals surface area contributed by atoms with Gasteiger partial charge in [0.25, 0.3) is 0 Å². The van der Waals surface area contributed by atoms with E-state index in [1.54, 1.807) is 27.7 Å². The van der Waals surface area contributed by atoms with E-state index >= 15 is 0 Å². The van der Waals surface area contributed by atoms with Crippen molar-refractivity contribution in [2.75, 3.05) is 5.32 Å². The molecular formula is C17H16BrClFN5O. The summed E-state index contributed by atoms with van der Waals surface area (Å²) in [7, 11) is 0. The van der Waals surface area contributed by atoms with Crippen LogP contribution in [0, 0.1) is 12.7 Å². The van der Waals surface area contributed by atoms with Crippen LogP contribution in [0.3, 0.4) is 0 Å². The maximum absolute atomic E-state index is 13.0. The Balaban J connectivity index is 1.58. The first kappa shape index (κ1) is 18.6. The Labute approximate surface area is 163 Å². The van der Waals surface area contributed by atoms with E-state index in [-0.39, 0.29) is 18.1 Å². The number of halogens is 3. The van der Waals surface area contributed by atoms with Crippen LogP contribution in [0.2, 0.25) is 5.02 Å². The summed E-state index contributed by atoms with van der Waals surface area (Å²) in [5.74, 6) is -0.195. The summed E-state index contributed by atoms with van der Waals surface area (Å²) >= 11 is 9.53. The van der Waals surface area contributed by atoms with E-state index in [1.165, 1.54) is 12.1 Å². The van der Waals surface area contributed by atoms with Crippen LogP contribution in [0.1, 0.15) is 17.7 Å². The van der Waals surface area contributed by atoms with E-state index in [1.807, 2.05) is 13.1 Å². The molecule has 0 atom stereocenters. The van der Waals surface area contributed by atoms with Crippen molar-refractivity contribution >= 4 is 39.3 Å². The second kappa shape index (κ2) is 8.01. The van der Waals surface area contributed by atoms with Gasteiger partial charge in [0.05, 0.1) is 16.7 Å². The monoisotopic (exact) mass is 439 g/mol. The van der Waals surface area contributed by atoms with E-state index in [2.05, 4.69) is 31.4 Å². The Morgan fingerprint density at radius 1 is 1.23 bits per heavy atom. The second-order valence-corrected chi connectivity index (χ2v) is 7.03. The van der Waals surface area contributed by atoms with Gasteiger partial charge in [-0.1, -0.05) is 23.7 Å². The predicted octanol–water partition coefficient (Wildman–Crippen LogP) is 4.02. The minimum Gasteiger partial charge on any atom is -0.308 e. The van der Waals surface area contributed by atoms with Crippen LogP contribution in [-0.4, -0.2) is 25.5 Å². The molecule has 2 heterocycles. The number of anilines is 1. The zero-order valence-corrected chi connectivity index (χ0v) is 16.3. The van der Waals surface area contributed by atoms with E-state index in [9.17, 15) is 9.18 Å². The highest BCUT2D eigenvalue weighted by Gasteiger charge is 2.12. The fourth-order valence-corrected chi connectivity index (χ4v) is 2.87. The first-order chi connectivity index (χ1) is 12.4. The number of aromatic nitrogens is 4. The minimum atomic E-state index is -0.292. The van der Waals surface area contributed by atoms with Crippen LogP contribution < -0.4 is 5.32 Å². The number of aryl methyl sites for hydroxylation is 2. The smallest absolute Gasteiger partial charge is 0.227 e. The molecule has 0 saturated carbocycles. The number of nitrogens with one attached hydrogen (secondary N) is 1. The van der Waals surface area contributed by atoms with Gasteiger partial charge in [-0.3, -0.25) is 14.2 Å². The molecule has 0 aliphatic rings. The fraction of sp³-hybridized carbons (Fsp3) is 0.235. The average Bonchev–Trinajstić information content (AvgIpc) is 3.10. The van der Waals surface area contributed by atoms with Crippen molar-refractivity contribution in [2.24, 2.45) is 0 Å². The lowest BCUT2D eigenvalue weighted by atomic mass is 10.2. The van der Waals surface area contributed by atoms with Gasteiger partial charge in [0, 0.05) is 25.4 Å². The van der Waals surface area contributed by atoms with Crippen molar-refractivity contribution < 1.29 is 9.18 Å². The first-order valence-corrected chi connectivity index (χ1v) is 9.04. The van der Waals surface area contributed by atoms with Gasteiger partial charge in [-0.05, 0) is 40.5 Å². The molecule has 0 radical (unpaired) electrons. The Hall–Kier alpha value is -2.19. The number of hydrogen-bond acceptors (Lipinski definition) is 3.